The monoisotopic (exact) mass is 207 g/mol. The van der Waals surface area contributed by atoms with Crippen molar-refractivity contribution in [3.8, 4) is 0 Å². The third kappa shape index (κ3) is 3.11. The van der Waals surface area contributed by atoms with Crippen LogP contribution < -0.4 is 5.32 Å². The summed E-state index contributed by atoms with van der Waals surface area (Å²) in [5, 5.41) is 12.7. The Morgan fingerprint density at radius 2 is 2.38 bits per heavy atom. The second kappa shape index (κ2) is 4.45. The number of amides is 1. The third-order valence-corrected chi connectivity index (χ3v) is 1.82. The van der Waals surface area contributed by atoms with E-state index in [-0.39, 0.29) is 20.7 Å². The van der Waals surface area contributed by atoms with Gasteiger partial charge in [-0.15, -0.1) is 0 Å². The molecule has 0 bridgehead atoms. The third-order valence-electron chi connectivity index (χ3n) is 0.956. The molecule has 0 atom stereocenters. The Hall–Kier alpha value is -1.57. The lowest BCUT2D eigenvalue weighted by atomic mass is 10.7. The van der Waals surface area contributed by atoms with E-state index >= 15 is 0 Å². The number of thiazole rings is 1. The van der Waals surface area contributed by atoms with Crippen LogP contribution in [0.4, 0.5) is 14.8 Å². The molecule has 0 aliphatic carbocycles. The lowest BCUT2D eigenvalue weighted by Crippen LogP contribution is -2.04. The molecule has 1 aromatic heterocycles. The molecule has 0 spiro atoms. The highest BCUT2D eigenvalue weighted by atomic mass is 32.1. The molecule has 0 aliphatic rings. The van der Waals surface area contributed by atoms with Crippen LogP contribution in [0.25, 0.3) is 0 Å². The number of hydrogen-bond donors (Lipinski definition) is 1. The van der Waals surface area contributed by atoms with Crippen molar-refractivity contribution < 1.29 is 14.4 Å². The molecule has 1 rings (SSSR count). The number of rotatable bonds is 2. The first kappa shape index (κ1) is 11.4. The molecule has 0 radical (unpaired) electrons. The molecule has 72 valence electrons. The van der Waals surface area contributed by atoms with E-state index < -0.39 is 4.92 Å². The summed E-state index contributed by atoms with van der Waals surface area (Å²) < 4.78 is 0. The normalized spacial score (nSPS) is 8.69. The quantitative estimate of drug-likeness (QED) is 0.582. The molecule has 6 nitrogen and oxygen atoms in total. The molecule has 0 aliphatic heterocycles. The molecule has 1 aromatic rings. The van der Waals surface area contributed by atoms with Crippen LogP contribution in [0.5, 0.6) is 0 Å². The maximum absolute atomic E-state index is 10.5. The van der Waals surface area contributed by atoms with Crippen LogP contribution in [-0.2, 0) is 4.79 Å². The molecular weight excluding hydrogens is 201 g/mol. The van der Waals surface area contributed by atoms with Crippen LogP contribution in [0.15, 0.2) is 6.20 Å². The SMILES string of the molecule is CC(=O)Nc1ncc([N+](=O)[O-])s1.F. The predicted octanol–water partition coefficient (Wildman–Crippen LogP) is 1.16. The zero-order chi connectivity index (χ0) is 9.14. The summed E-state index contributed by atoms with van der Waals surface area (Å²) in [4.78, 5) is 23.7. The fourth-order valence-electron chi connectivity index (χ4n) is 0.558. The van der Waals surface area contributed by atoms with Gasteiger partial charge in [-0.3, -0.25) is 19.6 Å². The number of carbonyl (C=O) groups is 1. The minimum absolute atomic E-state index is 0. The molecule has 0 unspecified atom stereocenters. The Morgan fingerprint density at radius 1 is 1.77 bits per heavy atom. The van der Waals surface area contributed by atoms with Gasteiger partial charge in [0.15, 0.2) is 5.13 Å². The maximum atomic E-state index is 10.5. The summed E-state index contributed by atoms with van der Waals surface area (Å²) in [5.41, 5.74) is 0. The molecule has 0 saturated carbocycles. The van der Waals surface area contributed by atoms with Crippen molar-refractivity contribution in [2.75, 3.05) is 5.32 Å². The first-order chi connectivity index (χ1) is 5.59. The molecule has 1 heterocycles. The summed E-state index contributed by atoms with van der Waals surface area (Å²) >= 11 is 0.827. The van der Waals surface area contributed by atoms with E-state index in [9.17, 15) is 14.9 Å². The summed E-state index contributed by atoms with van der Waals surface area (Å²) in [6, 6.07) is 0. The highest BCUT2D eigenvalue weighted by Crippen LogP contribution is 2.24. The standard InChI is InChI=1S/C5H5N3O3S.FH/c1-3(9)7-5-6-2-4(12-5)8(10)11;/h2H,1H3,(H,6,7,9);1H. The molecule has 8 heteroatoms. The van der Waals surface area contributed by atoms with Crippen LogP contribution in [0, 0.1) is 10.1 Å². The van der Waals surface area contributed by atoms with E-state index in [1.807, 2.05) is 0 Å². The zero-order valence-corrected chi connectivity index (χ0v) is 7.33. The maximum Gasteiger partial charge on any atom is 0.345 e. The van der Waals surface area contributed by atoms with Crippen LogP contribution in [0.3, 0.4) is 0 Å². The van der Waals surface area contributed by atoms with Crippen molar-refractivity contribution in [3.05, 3.63) is 16.3 Å². The molecule has 0 fully saturated rings. The van der Waals surface area contributed by atoms with Gasteiger partial charge in [0.05, 0.1) is 4.92 Å². The Bertz CT molecular complexity index is 327. The van der Waals surface area contributed by atoms with Gasteiger partial charge in [0.1, 0.15) is 6.20 Å². The number of nitro groups is 1. The highest BCUT2D eigenvalue weighted by molar-refractivity contribution is 7.18. The Balaban J connectivity index is 0.00000144. The second-order valence-electron chi connectivity index (χ2n) is 1.94. The van der Waals surface area contributed by atoms with Gasteiger partial charge in [-0.25, -0.2) is 4.98 Å². The molecule has 1 amide bonds. The van der Waals surface area contributed by atoms with Gasteiger partial charge >= 0.3 is 5.00 Å². The van der Waals surface area contributed by atoms with Crippen molar-refractivity contribution >= 4 is 27.4 Å². The van der Waals surface area contributed by atoms with Gasteiger partial charge in [-0.05, 0) is 11.3 Å². The lowest BCUT2D eigenvalue weighted by molar-refractivity contribution is -0.380. The highest BCUT2D eigenvalue weighted by Gasteiger charge is 2.11. The van der Waals surface area contributed by atoms with Gasteiger partial charge in [0, 0.05) is 6.92 Å². The number of hydrogen-bond acceptors (Lipinski definition) is 5. The van der Waals surface area contributed by atoms with E-state index in [0.29, 0.717) is 0 Å². The molecule has 13 heavy (non-hydrogen) atoms. The van der Waals surface area contributed by atoms with Gasteiger partial charge in [-0.1, -0.05) is 0 Å². The van der Waals surface area contributed by atoms with Crippen molar-refractivity contribution in [2.24, 2.45) is 0 Å². The van der Waals surface area contributed by atoms with E-state index in [2.05, 4.69) is 10.3 Å². The number of anilines is 1. The Kier molecular flexibility index (Phi) is 3.92. The van der Waals surface area contributed by atoms with Crippen LogP contribution in [0.1, 0.15) is 6.92 Å². The van der Waals surface area contributed by atoms with E-state index in [4.69, 9.17) is 0 Å². The van der Waals surface area contributed by atoms with Crippen molar-refractivity contribution in [2.45, 2.75) is 6.92 Å². The average molecular weight is 207 g/mol. The van der Waals surface area contributed by atoms with Crippen molar-refractivity contribution in [3.63, 3.8) is 0 Å². The number of halogens is 1. The van der Waals surface area contributed by atoms with Crippen LogP contribution >= 0.6 is 11.3 Å². The van der Waals surface area contributed by atoms with E-state index in [1.165, 1.54) is 6.92 Å². The zero-order valence-electron chi connectivity index (χ0n) is 6.51. The minimum atomic E-state index is -0.553. The summed E-state index contributed by atoms with van der Waals surface area (Å²) in [5.74, 6) is -0.292. The number of nitrogens with one attached hydrogen (secondary N) is 1. The minimum Gasteiger partial charge on any atom is -0.302 e. The molecule has 1 N–H and O–H groups in total. The number of carbonyl (C=O) groups excluding carboxylic acids is 1. The van der Waals surface area contributed by atoms with E-state index in [0.717, 1.165) is 17.5 Å². The predicted molar refractivity (Wildman–Crippen MR) is 45.6 cm³/mol. The van der Waals surface area contributed by atoms with Gasteiger partial charge in [0.2, 0.25) is 5.91 Å². The summed E-state index contributed by atoms with van der Waals surface area (Å²) in [7, 11) is 0. The van der Waals surface area contributed by atoms with Crippen molar-refractivity contribution in [1.82, 2.24) is 4.98 Å². The Labute approximate surface area is 76.1 Å². The first-order valence-electron chi connectivity index (χ1n) is 2.97. The number of aromatic nitrogens is 1. The molecule has 0 aromatic carbocycles. The largest absolute Gasteiger partial charge is 0.345 e. The molecular formula is C5H6FN3O3S. The van der Waals surface area contributed by atoms with Gasteiger partial charge in [0.25, 0.3) is 0 Å². The number of nitrogens with zero attached hydrogens (tertiary/aromatic N) is 2. The van der Waals surface area contributed by atoms with Crippen molar-refractivity contribution in [1.29, 1.82) is 0 Å². The van der Waals surface area contributed by atoms with E-state index in [1.54, 1.807) is 0 Å². The Morgan fingerprint density at radius 3 is 2.77 bits per heavy atom. The van der Waals surface area contributed by atoms with Crippen LogP contribution in [0.2, 0.25) is 0 Å². The second-order valence-corrected chi connectivity index (χ2v) is 2.95. The van der Waals surface area contributed by atoms with Crippen LogP contribution in [-0.4, -0.2) is 15.8 Å². The fourth-order valence-corrected chi connectivity index (χ4v) is 1.24. The topological polar surface area (TPSA) is 85.1 Å². The molecule has 0 saturated heterocycles. The summed E-state index contributed by atoms with van der Waals surface area (Å²) in [6.07, 6.45) is 1.11. The summed E-state index contributed by atoms with van der Waals surface area (Å²) in [6.45, 7) is 1.31. The smallest absolute Gasteiger partial charge is 0.302 e. The van der Waals surface area contributed by atoms with Gasteiger partial charge < -0.3 is 5.32 Å². The first-order valence-corrected chi connectivity index (χ1v) is 3.79. The lowest BCUT2D eigenvalue weighted by Gasteiger charge is -1.90. The van der Waals surface area contributed by atoms with Gasteiger partial charge in [-0.2, -0.15) is 0 Å². The fraction of sp³-hybridized carbons (Fsp3) is 0.200. The average Bonchev–Trinajstić information content (AvgIpc) is 2.34.